The molecular formula is C13H13N3O4. The fourth-order valence-corrected chi connectivity index (χ4v) is 1.58. The average Bonchev–Trinajstić information content (AvgIpc) is 2.85. The van der Waals surface area contributed by atoms with Crippen molar-refractivity contribution in [2.24, 2.45) is 0 Å². The van der Waals surface area contributed by atoms with E-state index in [0.717, 1.165) is 0 Å². The molecule has 2 rings (SSSR count). The molecule has 2 aromatic heterocycles. The lowest BCUT2D eigenvalue weighted by Gasteiger charge is -2.10. The van der Waals surface area contributed by atoms with Crippen LogP contribution >= 0.6 is 0 Å². The van der Waals surface area contributed by atoms with Gasteiger partial charge in [-0.15, -0.1) is 0 Å². The van der Waals surface area contributed by atoms with Crippen LogP contribution in [-0.2, 0) is 0 Å². The lowest BCUT2D eigenvalue weighted by Crippen LogP contribution is -2.28. The van der Waals surface area contributed by atoms with E-state index in [1.54, 1.807) is 20.0 Å². The number of hydrogen-bond donors (Lipinski definition) is 2. The summed E-state index contributed by atoms with van der Waals surface area (Å²) in [6.07, 6.45) is 1.56. The number of nitrogens with zero attached hydrogens (tertiary/aromatic N) is 2. The van der Waals surface area contributed by atoms with E-state index in [1.807, 2.05) is 0 Å². The summed E-state index contributed by atoms with van der Waals surface area (Å²) in [4.78, 5) is 30.6. The fraction of sp³-hybridized carbons (Fsp3) is 0.231. The zero-order valence-electron chi connectivity index (χ0n) is 11.0. The van der Waals surface area contributed by atoms with Crippen LogP contribution in [0.1, 0.15) is 45.6 Å². The maximum Gasteiger partial charge on any atom is 0.354 e. The molecule has 104 valence electrons. The first-order valence-electron chi connectivity index (χ1n) is 5.91. The molecule has 20 heavy (non-hydrogen) atoms. The number of oxazole rings is 1. The second-order valence-electron chi connectivity index (χ2n) is 4.22. The van der Waals surface area contributed by atoms with Crippen LogP contribution < -0.4 is 5.32 Å². The molecule has 2 heterocycles. The van der Waals surface area contributed by atoms with E-state index in [4.69, 9.17) is 9.52 Å². The first-order valence-corrected chi connectivity index (χ1v) is 5.91. The molecule has 0 radical (unpaired) electrons. The average molecular weight is 275 g/mol. The number of carbonyl (C=O) groups excluding carboxylic acids is 1. The van der Waals surface area contributed by atoms with E-state index in [1.165, 1.54) is 18.2 Å². The summed E-state index contributed by atoms with van der Waals surface area (Å²) < 4.78 is 5.30. The summed E-state index contributed by atoms with van der Waals surface area (Å²) in [6.45, 7) is 3.47. The minimum absolute atomic E-state index is 0.0278. The fourth-order valence-electron chi connectivity index (χ4n) is 1.58. The van der Waals surface area contributed by atoms with Gasteiger partial charge in [0.1, 0.15) is 23.2 Å². The Kier molecular flexibility index (Phi) is 3.79. The van der Waals surface area contributed by atoms with Gasteiger partial charge in [0, 0.05) is 0 Å². The predicted octanol–water partition coefficient (Wildman–Crippen LogP) is 1.57. The van der Waals surface area contributed by atoms with Gasteiger partial charge < -0.3 is 14.8 Å². The Hall–Kier alpha value is -2.70. The molecule has 7 nitrogen and oxygen atoms in total. The van der Waals surface area contributed by atoms with Crippen LogP contribution in [0.2, 0.25) is 0 Å². The van der Waals surface area contributed by atoms with Crippen LogP contribution in [-0.4, -0.2) is 27.0 Å². The van der Waals surface area contributed by atoms with Crippen LogP contribution in [0.15, 0.2) is 28.8 Å². The third-order valence-corrected chi connectivity index (χ3v) is 2.56. The Bertz CT molecular complexity index is 651. The second-order valence-corrected chi connectivity index (χ2v) is 4.22. The quantitative estimate of drug-likeness (QED) is 0.877. The van der Waals surface area contributed by atoms with Gasteiger partial charge in [0.2, 0.25) is 5.89 Å². The number of carboxylic acids is 1. The van der Waals surface area contributed by atoms with Crippen molar-refractivity contribution in [3.05, 3.63) is 47.4 Å². The van der Waals surface area contributed by atoms with Gasteiger partial charge in [0.15, 0.2) is 0 Å². The summed E-state index contributed by atoms with van der Waals surface area (Å²) in [7, 11) is 0. The van der Waals surface area contributed by atoms with Crippen LogP contribution in [0.25, 0.3) is 0 Å². The Labute approximate surface area is 114 Å². The number of amides is 1. The van der Waals surface area contributed by atoms with E-state index in [9.17, 15) is 9.59 Å². The second kappa shape index (κ2) is 5.52. The molecule has 1 atom stereocenters. The molecule has 2 aromatic rings. The summed E-state index contributed by atoms with van der Waals surface area (Å²) in [6, 6.07) is 3.78. The molecular weight excluding hydrogens is 262 g/mol. The summed E-state index contributed by atoms with van der Waals surface area (Å²) in [5.41, 5.74) is -0.155. The Balaban J connectivity index is 2.12. The molecule has 0 saturated carbocycles. The van der Waals surface area contributed by atoms with Crippen LogP contribution in [0.4, 0.5) is 0 Å². The number of aromatic nitrogens is 2. The van der Waals surface area contributed by atoms with Gasteiger partial charge in [0.25, 0.3) is 5.91 Å². The zero-order chi connectivity index (χ0) is 14.7. The first-order chi connectivity index (χ1) is 9.47. The molecule has 0 aliphatic rings. The van der Waals surface area contributed by atoms with Gasteiger partial charge in [0.05, 0.1) is 6.20 Å². The van der Waals surface area contributed by atoms with Gasteiger partial charge in [-0.3, -0.25) is 4.79 Å². The molecule has 0 saturated heterocycles. The standard InChI is InChI=1S/C13H13N3O4/c1-7-6-14-12(20-7)8(2)15-11(17)9-4-3-5-10(16-9)13(18)19/h3-6,8H,1-2H3,(H,15,17)(H,18,19). The maximum atomic E-state index is 12.0. The van der Waals surface area contributed by atoms with E-state index in [0.29, 0.717) is 11.7 Å². The first kappa shape index (κ1) is 13.7. The van der Waals surface area contributed by atoms with Crippen molar-refractivity contribution in [3.8, 4) is 0 Å². The van der Waals surface area contributed by atoms with Crippen molar-refractivity contribution in [3.63, 3.8) is 0 Å². The van der Waals surface area contributed by atoms with E-state index < -0.39 is 17.9 Å². The lowest BCUT2D eigenvalue weighted by atomic mass is 10.2. The monoisotopic (exact) mass is 275 g/mol. The third-order valence-electron chi connectivity index (χ3n) is 2.56. The highest BCUT2D eigenvalue weighted by molar-refractivity contribution is 5.94. The molecule has 0 aromatic carbocycles. The lowest BCUT2D eigenvalue weighted by molar-refractivity contribution is 0.0690. The van der Waals surface area contributed by atoms with Crippen LogP contribution in [0.3, 0.4) is 0 Å². The van der Waals surface area contributed by atoms with E-state index in [-0.39, 0.29) is 11.4 Å². The molecule has 0 bridgehead atoms. The largest absolute Gasteiger partial charge is 0.477 e. The van der Waals surface area contributed by atoms with Crippen LogP contribution in [0.5, 0.6) is 0 Å². The van der Waals surface area contributed by atoms with E-state index in [2.05, 4.69) is 15.3 Å². The number of carboxylic acid groups (broad SMARTS) is 1. The predicted molar refractivity (Wildman–Crippen MR) is 68.3 cm³/mol. The Morgan fingerprint density at radius 3 is 2.65 bits per heavy atom. The molecule has 0 spiro atoms. The number of aromatic carboxylic acids is 1. The number of aryl methyl sites for hydroxylation is 1. The molecule has 2 N–H and O–H groups in total. The topological polar surface area (TPSA) is 105 Å². The minimum atomic E-state index is -1.18. The van der Waals surface area contributed by atoms with Gasteiger partial charge in [-0.1, -0.05) is 6.07 Å². The third kappa shape index (κ3) is 3.00. The van der Waals surface area contributed by atoms with Gasteiger partial charge >= 0.3 is 5.97 Å². The van der Waals surface area contributed by atoms with E-state index >= 15 is 0 Å². The van der Waals surface area contributed by atoms with Crippen molar-refractivity contribution in [1.82, 2.24) is 15.3 Å². The molecule has 0 aliphatic carbocycles. The van der Waals surface area contributed by atoms with Crippen molar-refractivity contribution >= 4 is 11.9 Å². The summed E-state index contributed by atoms with van der Waals surface area (Å²) in [5.74, 6) is -0.648. The number of rotatable bonds is 4. The summed E-state index contributed by atoms with van der Waals surface area (Å²) >= 11 is 0. The van der Waals surface area contributed by atoms with Gasteiger partial charge in [-0.05, 0) is 26.0 Å². The Morgan fingerprint density at radius 1 is 1.35 bits per heavy atom. The molecule has 0 fully saturated rings. The SMILES string of the molecule is Cc1cnc(C(C)NC(=O)c2cccc(C(=O)O)n2)o1. The Morgan fingerprint density at radius 2 is 2.05 bits per heavy atom. The van der Waals surface area contributed by atoms with Crippen LogP contribution in [0, 0.1) is 6.92 Å². The smallest absolute Gasteiger partial charge is 0.354 e. The van der Waals surface area contributed by atoms with Crippen molar-refractivity contribution in [2.75, 3.05) is 0 Å². The highest BCUT2D eigenvalue weighted by Crippen LogP contribution is 2.12. The maximum absolute atomic E-state index is 12.0. The van der Waals surface area contributed by atoms with Gasteiger partial charge in [-0.2, -0.15) is 0 Å². The molecule has 7 heteroatoms. The van der Waals surface area contributed by atoms with Crippen molar-refractivity contribution in [2.45, 2.75) is 19.9 Å². The zero-order valence-corrected chi connectivity index (χ0v) is 11.0. The highest BCUT2D eigenvalue weighted by Gasteiger charge is 2.17. The molecule has 0 aliphatic heterocycles. The number of carbonyl (C=O) groups is 2. The molecule has 1 unspecified atom stereocenters. The van der Waals surface area contributed by atoms with Gasteiger partial charge in [-0.25, -0.2) is 14.8 Å². The van der Waals surface area contributed by atoms with Crippen molar-refractivity contribution < 1.29 is 19.1 Å². The number of nitrogens with one attached hydrogen (secondary N) is 1. The highest BCUT2D eigenvalue weighted by atomic mass is 16.4. The molecule has 1 amide bonds. The normalized spacial score (nSPS) is 11.9. The summed E-state index contributed by atoms with van der Waals surface area (Å²) in [5, 5.41) is 11.5. The number of pyridine rings is 1. The number of hydrogen-bond acceptors (Lipinski definition) is 5. The van der Waals surface area contributed by atoms with Crippen molar-refractivity contribution in [1.29, 1.82) is 0 Å². The minimum Gasteiger partial charge on any atom is -0.477 e.